The molecule has 19 heavy (non-hydrogen) atoms. The Morgan fingerprint density at radius 1 is 1.05 bits per heavy atom. The van der Waals surface area contributed by atoms with Crippen LogP contribution in [0.4, 0.5) is 17.1 Å². The van der Waals surface area contributed by atoms with Crippen LogP contribution in [0.2, 0.25) is 10.0 Å². The molecule has 0 aromatic heterocycles. The van der Waals surface area contributed by atoms with Gasteiger partial charge in [0, 0.05) is 17.9 Å². The van der Waals surface area contributed by atoms with Crippen molar-refractivity contribution in [2.45, 2.75) is 13.8 Å². The van der Waals surface area contributed by atoms with Gasteiger partial charge in [0.25, 0.3) is 0 Å². The lowest BCUT2D eigenvalue weighted by atomic mass is 10.2. The van der Waals surface area contributed by atoms with Crippen molar-refractivity contribution in [2.24, 2.45) is 0 Å². The number of anilines is 3. The highest BCUT2D eigenvalue weighted by atomic mass is 35.5. The van der Waals surface area contributed by atoms with Gasteiger partial charge in [0.05, 0.1) is 15.7 Å². The van der Waals surface area contributed by atoms with E-state index in [1.165, 1.54) is 5.56 Å². The normalized spacial score (nSPS) is 10.5. The molecule has 0 atom stereocenters. The Kier molecular flexibility index (Phi) is 4.23. The largest absolute Gasteiger partial charge is 0.399 e. The smallest absolute Gasteiger partial charge is 0.0790 e. The molecule has 2 aromatic carbocycles. The van der Waals surface area contributed by atoms with Gasteiger partial charge in [-0.2, -0.15) is 0 Å². The molecule has 0 heterocycles. The fourth-order valence-electron chi connectivity index (χ4n) is 2.04. The number of rotatable bonds is 3. The van der Waals surface area contributed by atoms with Crippen LogP contribution >= 0.6 is 23.2 Å². The van der Waals surface area contributed by atoms with Crippen molar-refractivity contribution in [1.82, 2.24) is 0 Å². The number of nitrogens with zero attached hydrogens (tertiary/aromatic N) is 1. The van der Waals surface area contributed by atoms with Crippen LogP contribution in [0.3, 0.4) is 0 Å². The summed E-state index contributed by atoms with van der Waals surface area (Å²) in [7, 11) is 0. The van der Waals surface area contributed by atoms with E-state index in [2.05, 4.69) is 43.0 Å². The summed E-state index contributed by atoms with van der Waals surface area (Å²) in [6.07, 6.45) is 0. The average molecular weight is 295 g/mol. The van der Waals surface area contributed by atoms with Gasteiger partial charge in [-0.15, -0.1) is 0 Å². The fraction of sp³-hybridized carbons (Fsp3) is 0.200. The SMILES string of the molecule is CCN(c1ccc(C)cc1)c1c(Cl)cc(N)cc1Cl. The van der Waals surface area contributed by atoms with Crippen LogP contribution < -0.4 is 10.6 Å². The van der Waals surface area contributed by atoms with Crippen LogP contribution in [0.1, 0.15) is 12.5 Å². The van der Waals surface area contributed by atoms with E-state index in [1.807, 2.05) is 0 Å². The van der Waals surface area contributed by atoms with Gasteiger partial charge in [-0.05, 0) is 38.1 Å². The lowest BCUT2D eigenvalue weighted by Gasteiger charge is -2.26. The first-order chi connectivity index (χ1) is 9.02. The molecule has 0 spiro atoms. The van der Waals surface area contributed by atoms with Crippen LogP contribution in [0.15, 0.2) is 36.4 Å². The zero-order valence-corrected chi connectivity index (χ0v) is 12.5. The summed E-state index contributed by atoms with van der Waals surface area (Å²) >= 11 is 12.6. The summed E-state index contributed by atoms with van der Waals surface area (Å²) in [6.45, 7) is 4.89. The lowest BCUT2D eigenvalue weighted by molar-refractivity contribution is 1.02. The maximum absolute atomic E-state index is 6.28. The lowest BCUT2D eigenvalue weighted by Crippen LogP contribution is -2.17. The highest BCUT2D eigenvalue weighted by molar-refractivity contribution is 6.39. The van der Waals surface area contributed by atoms with E-state index in [0.29, 0.717) is 15.7 Å². The Labute approximate surface area is 123 Å². The van der Waals surface area contributed by atoms with E-state index in [0.717, 1.165) is 17.9 Å². The minimum atomic E-state index is 0.562. The van der Waals surface area contributed by atoms with Gasteiger partial charge in [0.1, 0.15) is 0 Å². The monoisotopic (exact) mass is 294 g/mol. The molecule has 2 aromatic rings. The predicted molar refractivity (Wildman–Crippen MR) is 84.7 cm³/mol. The minimum absolute atomic E-state index is 0.562. The number of hydrogen-bond acceptors (Lipinski definition) is 2. The van der Waals surface area contributed by atoms with Gasteiger partial charge >= 0.3 is 0 Å². The van der Waals surface area contributed by atoms with E-state index in [4.69, 9.17) is 28.9 Å². The molecule has 0 saturated heterocycles. The van der Waals surface area contributed by atoms with Gasteiger partial charge < -0.3 is 10.6 Å². The predicted octanol–water partition coefficient (Wildman–Crippen LogP) is 5.04. The van der Waals surface area contributed by atoms with Crippen LogP contribution in [0.25, 0.3) is 0 Å². The minimum Gasteiger partial charge on any atom is -0.399 e. The highest BCUT2D eigenvalue weighted by Gasteiger charge is 2.15. The zero-order chi connectivity index (χ0) is 14.0. The Morgan fingerprint density at radius 2 is 1.58 bits per heavy atom. The zero-order valence-electron chi connectivity index (χ0n) is 11.0. The summed E-state index contributed by atoms with van der Waals surface area (Å²) in [5.74, 6) is 0. The Morgan fingerprint density at radius 3 is 2.05 bits per heavy atom. The van der Waals surface area contributed by atoms with Gasteiger partial charge in [0.15, 0.2) is 0 Å². The third-order valence-electron chi connectivity index (χ3n) is 2.97. The molecule has 0 saturated carbocycles. The second-order valence-electron chi connectivity index (χ2n) is 4.41. The van der Waals surface area contributed by atoms with Crippen molar-refractivity contribution >= 4 is 40.3 Å². The molecule has 0 aliphatic carbocycles. The standard InChI is InChI=1S/C15H16Cl2N2/c1-3-19(12-6-4-10(2)5-7-12)15-13(16)8-11(18)9-14(15)17/h4-9H,3,18H2,1-2H3. The Bertz CT molecular complexity index is 556. The maximum Gasteiger partial charge on any atom is 0.0790 e. The number of nitrogen functional groups attached to an aromatic ring is 1. The molecule has 100 valence electrons. The number of hydrogen-bond donors (Lipinski definition) is 1. The quantitative estimate of drug-likeness (QED) is 0.803. The van der Waals surface area contributed by atoms with Crippen LogP contribution in [-0.2, 0) is 0 Å². The Hall–Kier alpha value is -1.38. The molecule has 0 unspecified atom stereocenters. The number of nitrogens with two attached hydrogens (primary N) is 1. The Balaban J connectivity index is 2.51. The molecule has 0 aliphatic rings. The van der Waals surface area contributed by atoms with Crippen LogP contribution in [0, 0.1) is 6.92 Å². The van der Waals surface area contributed by atoms with Crippen molar-refractivity contribution in [3.8, 4) is 0 Å². The van der Waals surface area contributed by atoms with E-state index in [-0.39, 0.29) is 0 Å². The molecule has 2 N–H and O–H groups in total. The molecular formula is C15H16Cl2N2. The maximum atomic E-state index is 6.28. The first kappa shape index (κ1) is 14.0. The van der Waals surface area contributed by atoms with Gasteiger partial charge in [-0.25, -0.2) is 0 Å². The average Bonchev–Trinajstić information content (AvgIpc) is 2.35. The number of aryl methyl sites for hydroxylation is 1. The van der Waals surface area contributed by atoms with Crippen LogP contribution in [-0.4, -0.2) is 6.54 Å². The fourth-order valence-corrected chi connectivity index (χ4v) is 2.75. The molecule has 0 radical (unpaired) electrons. The van der Waals surface area contributed by atoms with Crippen molar-refractivity contribution in [1.29, 1.82) is 0 Å². The van der Waals surface area contributed by atoms with E-state index in [9.17, 15) is 0 Å². The highest BCUT2D eigenvalue weighted by Crippen LogP contribution is 2.39. The number of benzene rings is 2. The molecule has 0 fully saturated rings. The van der Waals surface area contributed by atoms with Gasteiger partial charge in [-0.3, -0.25) is 0 Å². The number of halogens is 2. The molecule has 2 nitrogen and oxygen atoms in total. The third kappa shape index (κ3) is 2.96. The summed E-state index contributed by atoms with van der Waals surface area (Å²) < 4.78 is 0. The van der Waals surface area contributed by atoms with Crippen molar-refractivity contribution in [3.63, 3.8) is 0 Å². The second-order valence-corrected chi connectivity index (χ2v) is 5.23. The molecule has 0 aliphatic heterocycles. The summed E-state index contributed by atoms with van der Waals surface area (Å²) in [5, 5.41) is 1.12. The van der Waals surface area contributed by atoms with E-state index >= 15 is 0 Å². The topological polar surface area (TPSA) is 29.3 Å². The molecule has 4 heteroatoms. The first-order valence-electron chi connectivity index (χ1n) is 6.11. The second kappa shape index (κ2) is 5.72. The molecule has 2 rings (SSSR count). The summed E-state index contributed by atoms with van der Waals surface area (Å²) in [4.78, 5) is 2.07. The van der Waals surface area contributed by atoms with Crippen LogP contribution in [0.5, 0.6) is 0 Å². The van der Waals surface area contributed by atoms with E-state index < -0.39 is 0 Å². The van der Waals surface area contributed by atoms with Crippen molar-refractivity contribution in [2.75, 3.05) is 17.2 Å². The summed E-state index contributed by atoms with van der Waals surface area (Å²) in [5.41, 5.74) is 9.38. The first-order valence-corrected chi connectivity index (χ1v) is 6.87. The van der Waals surface area contributed by atoms with Gasteiger partial charge in [-0.1, -0.05) is 40.9 Å². The van der Waals surface area contributed by atoms with Gasteiger partial charge in [0.2, 0.25) is 0 Å². The van der Waals surface area contributed by atoms with Crippen molar-refractivity contribution < 1.29 is 0 Å². The molecule has 0 bridgehead atoms. The molecule has 0 amide bonds. The molecular weight excluding hydrogens is 279 g/mol. The van der Waals surface area contributed by atoms with Crippen molar-refractivity contribution in [3.05, 3.63) is 52.0 Å². The summed E-state index contributed by atoms with van der Waals surface area (Å²) in [6, 6.07) is 11.7. The third-order valence-corrected chi connectivity index (χ3v) is 3.55. The van der Waals surface area contributed by atoms with E-state index in [1.54, 1.807) is 12.1 Å².